The van der Waals surface area contributed by atoms with Crippen LogP contribution in [0.15, 0.2) is 0 Å². The van der Waals surface area contributed by atoms with Crippen LogP contribution in [0.3, 0.4) is 0 Å². The summed E-state index contributed by atoms with van der Waals surface area (Å²) < 4.78 is 0. The lowest BCUT2D eigenvalue weighted by Gasteiger charge is -2.38. The van der Waals surface area contributed by atoms with Crippen molar-refractivity contribution >= 4 is 11.9 Å². The number of carbonyl (C=O) groups is 2. The van der Waals surface area contributed by atoms with Gasteiger partial charge in [-0.1, -0.05) is 20.8 Å². The fourth-order valence-electron chi connectivity index (χ4n) is 2.72. The Bertz CT molecular complexity index is 365. The van der Waals surface area contributed by atoms with Gasteiger partial charge in [-0.15, -0.1) is 0 Å². The van der Waals surface area contributed by atoms with Crippen molar-refractivity contribution in [3.63, 3.8) is 0 Å². The van der Waals surface area contributed by atoms with Crippen molar-refractivity contribution in [2.75, 3.05) is 26.2 Å². The van der Waals surface area contributed by atoms with E-state index in [1.165, 1.54) is 0 Å². The Morgan fingerprint density at radius 2 is 1.95 bits per heavy atom. The first kappa shape index (κ1) is 17.9. The Hall–Kier alpha value is -1.14. The van der Waals surface area contributed by atoms with E-state index in [1.54, 1.807) is 0 Å². The predicted molar refractivity (Wildman–Crippen MR) is 79.9 cm³/mol. The molecule has 0 aromatic rings. The number of hydrogen-bond donors (Lipinski definition) is 3. The zero-order valence-electron chi connectivity index (χ0n) is 13.3. The highest BCUT2D eigenvalue weighted by Gasteiger charge is 2.31. The zero-order valence-corrected chi connectivity index (χ0v) is 13.3. The molecule has 1 aliphatic rings. The number of aliphatic hydroxyl groups excluding tert-OH is 1. The highest BCUT2D eigenvalue weighted by Crippen LogP contribution is 2.22. The first-order valence-electron chi connectivity index (χ1n) is 7.58. The van der Waals surface area contributed by atoms with Crippen molar-refractivity contribution in [3.05, 3.63) is 0 Å². The summed E-state index contributed by atoms with van der Waals surface area (Å²) in [4.78, 5) is 24.9. The quantitative estimate of drug-likeness (QED) is 0.672. The molecule has 0 radical (unpaired) electrons. The molecule has 6 heteroatoms. The van der Waals surface area contributed by atoms with Crippen LogP contribution in [0.25, 0.3) is 0 Å². The van der Waals surface area contributed by atoms with E-state index in [-0.39, 0.29) is 25.1 Å². The maximum absolute atomic E-state index is 12.1. The molecular formula is C15H28N2O4. The lowest BCUT2D eigenvalue weighted by molar-refractivity contribution is -0.139. The number of aliphatic hydroxyl groups is 1. The van der Waals surface area contributed by atoms with Gasteiger partial charge >= 0.3 is 5.97 Å². The molecule has 1 aliphatic heterocycles. The highest BCUT2D eigenvalue weighted by atomic mass is 16.4. The van der Waals surface area contributed by atoms with Crippen molar-refractivity contribution in [2.45, 2.75) is 46.1 Å². The molecular weight excluding hydrogens is 272 g/mol. The zero-order chi connectivity index (χ0) is 16.0. The summed E-state index contributed by atoms with van der Waals surface area (Å²) in [5.41, 5.74) is -0.449. The van der Waals surface area contributed by atoms with E-state index in [0.29, 0.717) is 25.4 Å². The molecule has 0 spiro atoms. The molecule has 2 atom stereocenters. The number of rotatable bonds is 6. The van der Waals surface area contributed by atoms with Gasteiger partial charge in [0.1, 0.15) is 0 Å². The van der Waals surface area contributed by atoms with Crippen molar-refractivity contribution in [3.8, 4) is 0 Å². The van der Waals surface area contributed by atoms with Crippen LogP contribution in [-0.2, 0) is 9.59 Å². The Balaban J connectivity index is 2.64. The van der Waals surface area contributed by atoms with E-state index in [1.807, 2.05) is 25.7 Å². The van der Waals surface area contributed by atoms with Crippen molar-refractivity contribution in [1.29, 1.82) is 0 Å². The maximum Gasteiger partial charge on any atom is 0.317 e. The van der Waals surface area contributed by atoms with Gasteiger partial charge in [0.25, 0.3) is 0 Å². The molecule has 0 aromatic heterocycles. The van der Waals surface area contributed by atoms with E-state index >= 15 is 0 Å². The maximum atomic E-state index is 12.1. The molecule has 1 amide bonds. The Morgan fingerprint density at radius 3 is 2.48 bits per heavy atom. The molecule has 3 N–H and O–H groups in total. The minimum atomic E-state index is -0.848. The molecule has 2 unspecified atom stereocenters. The molecule has 6 nitrogen and oxygen atoms in total. The molecule has 21 heavy (non-hydrogen) atoms. The number of piperidine rings is 1. The first-order valence-corrected chi connectivity index (χ1v) is 7.58. The summed E-state index contributed by atoms with van der Waals surface area (Å²) >= 11 is 0. The summed E-state index contributed by atoms with van der Waals surface area (Å²) in [7, 11) is 0. The smallest absolute Gasteiger partial charge is 0.317 e. The second-order valence-electron chi connectivity index (χ2n) is 6.98. The number of carboxylic acid groups (broad SMARTS) is 1. The standard InChI is InChI=1S/C15H28N2O4/c1-15(2,3)14(21)16-12-7-11(5-4-6-18)8-17(9-12)10-13(19)20/h11-12,18H,4-10H2,1-3H3,(H,16,21)(H,19,20). The second-order valence-corrected chi connectivity index (χ2v) is 6.98. The SMILES string of the molecule is CC(C)(C)C(=O)NC1CC(CCCO)CN(CC(=O)O)C1. The first-order chi connectivity index (χ1) is 9.72. The highest BCUT2D eigenvalue weighted by molar-refractivity contribution is 5.81. The van der Waals surface area contributed by atoms with Crippen LogP contribution in [-0.4, -0.2) is 59.3 Å². The van der Waals surface area contributed by atoms with Crippen LogP contribution in [0.1, 0.15) is 40.0 Å². The molecule has 0 aliphatic carbocycles. The third-order valence-electron chi connectivity index (χ3n) is 3.76. The minimum Gasteiger partial charge on any atom is -0.480 e. The average Bonchev–Trinajstić information content (AvgIpc) is 2.34. The molecule has 1 rings (SSSR count). The van der Waals surface area contributed by atoms with Gasteiger partial charge < -0.3 is 15.5 Å². The fourth-order valence-corrected chi connectivity index (χ4v) is 2.72. The number of amides is 1. The molecule has 1 saturated heterocycles. The van der Waals surface area contributed by atoms with Gasteiger partial charge in [-0.3, -0.25) is 14.5 Å². The van der Waals surface area contributed by atoms with Crippen LogP contribution < -0.4 is 5.32 Å². The number of nitrogens with one attached hydrogen (secondary N) is 1. The lowest BCUT2D eigenvalue weighted by Crippen LogP contribution is -2.53. The van der Waals surface area contributed by atoms with E-state index < -0.39 is 11.4 Å². The lowest BCUT2D eigenvalue weighted by atomic mass is 9.89. The van der Waals surface area contributed by atoms with Gasteiger partial charge in [-0.25, -0.2) is 0 Å². The van der Waals surface area contributed by atoms with Crippen molar-refractivity contribution < 1.29 is 19.8 Å². The van der Waals surface area contributed by atoms with E-state index in [4.69, 9.17) is 10.2 Å². The van der Waals surface area contributed by atoms with Crippen molar-refractivity contribution in [1.82, 2.24) is 10.2 Å². The summed E-state index contributed by atoms with van der Waals surface area (Å²) in [6.45, 7) is 7.03. The van der Waals surface area contributed by atoms with Gasteiger partial charge in [0.15, 0.2) is 0 Å². The van der Waals surface area contributed by atoms with Crippen molar-refractivity contribution in [2.24, 2.45) is 11.3 Å². The van der Waals surface area contributed by atoms with E-state index in [0.717, 1.165) is 12.8 Å². The van der Waals surface area contributed by atoms with Crippen LogP contribution in [0.5, 0.6) is 0 Å². The summed E-state index contributed by atoms with van der Waals surface area (Å²) in [6, 6.07) is -0.0199. The van der Waals surface area contributed by atoms with E-state index in [2.05, 4.69) is 5.32 Å². The monoisotopic (exact) mass is 300 g/mol. The van der Waals surface area contributed by atoms with Crippen LogP contribution in [0.2, 0.25) is 0 Å². The number of hydrogen-bond acceptors (Lipinski definition) is 4. The molecule has 0 bridgehead atoms. The molecule has 1 heterocycles. The Kier molecular flexibility index (Phi) is 6.61. The van der Waals surface area contributed by atoms with Gasteiger partial charge in [0.05, 0.1) is 6.54 Å². The summed E-state index contributed by atoms with van der Waals surface area (Å²) in [5.74, 6) is -0.542. The van der Waals surface area contributed by atoms with Gasteiger partial charge in [0, 0.05) is 31.2 Å². The van der Waals surface area contributed by atoms with Crippen LogP contribution in [0, 0.1) is 11.3 Å². The van der Waals surface area contributed by atoms with Crippen LogP contribution in [0.4, 0.5) is 0 Å². The van der Waals surface area contributed by atoms with Crippen LogP contribution >= 0.6 is 0 Å². The number of aliphatic carboxylic acids is 1. The molecule has 1 fully saturated rings. The third kappa shape index (κ3) is 6.44. The predicted octanol–water partition coefficient (Wildman–Crippen LogP) is 0.696. The second kappa shape index (κ2) is 7.75. The molecule has 0 saturated carbocycles. The topological polar surface area (TPSA) is 89.9 Å². The average molecular weight is 300 g/mol. The number of carbonyl (C=O) groups excluding carboxylic acids is 1. The summed E-state index contributed by atoms with van der Waals surface area (Å²) in [6.07, 6.45) is 2.41. The minimum absolute atomic E-state index is 0.00247. The largest absolute Gasteiger partial charge is 0.480 e. The number of carboxylic acids is 1. The third-order valence-corrected chi connectivity index (χ3v) is 3.76. The fraction of sp³-hybridized carbons (Fsp3) is 0.867. The number of nitrogens with zero attached hydrogens (tertiary/aromatic N) is 1. The Morgan fingerprint density at radius 1 is 1.29 bits per heavy atom. The Labute approximate surface area is 126 Å². The normalized spacial score (nSPS) is 23.8. The van der Waals surface area contributed by atoms with Gasteiger partial charge in [-0.05, 0) is 25.2 Å². The van der Waals surface area contributed by atoms with Gasteiger partial charge in [-0.2, -0.15) is 0 Å². The number of likely N-dealkylation sites (tertiary alicyclic amines) is 1. The molecule has 0 aromatic carbocycles. The molecule has 122 valence electrons. The summed E-state index contributed by atoms with van der Waals surface area (Å²) in [5, 5.41) is 20.9. The van der Waals surface area contributed by atoms with Gasteiger partial charge in [0.2, 0.25) is 5.91 Å². The van der Waals surface area contributed by atoms with E-state index in [9.17, 15) is 9.59 Å².